The SMILES string of the molecule is C(C=[N+]1CCOCC1)=[N+]1CCOCC1.[Cl-].[Cl-]. The largest absolute Gasteiger partial charge is 1.00 e. The third-order valence-electron chi connectivity index (χ3n) is 2.58. The molecule has 0 aromatic heterocycles. The highest BCUT2D eigenvalue weighted by Crippen LogP contribution is 1.88. The molecule has 0 saturated carbocycles. The van der Waals surface area contributed by atoms with Gasteiger partial charge in [0, 0.05) is 0 Å². The number of hydrogen-bond donors (Lipinski definition) is 0. The van der Waals surface area contributed by atoms with Crippen LogP contribution in [-0.4, -0.2) is 74.2 Å². The van der Waals surface area contributed by atoms with Crippen LogP contribution >= 0.6 is 0 Å². The fraction of sp³-hybridized carbons (Fsp3) is 0.800. The number of hydrogen-bond acceptors (Lipinski definition) is 2. The molecular weight excluding hydrogens is 251 g/mol. The van der Waals surface area contributed by atoms with Crippen LogP contribution in [0.1, 0.15) is 0 Å². The van der Waals surface area contributed by atoms with E-state index in [0.29, 0.717) is 0 Å². The molecule has 2 heterocycles. The summed E-state index contributed by atoms with van der Waals surface area (Å²) in [7, 11) is 0. The smallest absolute Gasteiger partial charge is 0.227 e. The molecule has 0 amide bonds. The summed E-state index contributed by atoms with van der Waals surface area (Å²) in [5.74, 6) is 0. The van der Waals surface area contributed by atoms with Gasteiger partial charge in [-0.25, -0.2) is 9.15 Å². The van der Waals surface area contributed by atoms with Crippen LogP contribution in [0.5, 0.6) is 0 Å². The Balaban J connectivity index is 0.00000112. The zero-order valence-corrected chi connectivity index (χ0v) is 10.8. The molecule has 2 fully saturated rings. The van der Waals surface area contributed by atoms with Crippen molar-refractivity contribution in [1.29, 1.82) is 0 Å². The van der Waals surface area contributed by atoms with Crippen molar-refractivity contribution in [2.45, 2.75) is 0 Å². The zero-order valence-electron chi connectivity index (χ0n) is 9.28. The average molecular weight is 269 g/mol. The Morgan fingerprint density at radius 1 is 0.625 bits per heavy atom. The van der Waals surface area contributed by atoms with Gasteiger partial charge >= 0.3 is 0 Å². The molecule has 16 heavy (non-hydrogen) atoms. The van der Waals surface area contributed by atoms with Crippen LogP contribution in [0.4, 0.5) is 0 Å². The Morgan fingerprint density at radius 2 is 0.938 bits per heavy atom. The molecule has 0 unspecified atom stereocenters. The number of ether oxygens (including phenoxy) is 2. The maximum Gasteiger partial charge on any atom is 0.227 e. The summed E-state index contributed by atoms with van der Waals surface area (Å²) in [4.78, 5) is 0. The molecule has 2 saturated heterocycles. The van der Waals surface area contributed by atoms with Gasteiger partial charge in [0.15, 0.2) is 26.2 Å². The van der Waals surface area contributed by atoms with Crippen molar-refractivity contribution >= 4 is 12.4 Å². The van der Waals surface area contributed by atoms with E-state index < -0.39 is 0 Å². The van der Waals surface area contributed by atoms with E-state index in [1.165, 1.54) is 0 Å². The van der Waals surface area contributed by atoms with Gasteiger partial charge in [-0.15, -0.1) is 0 Å². The summed E-state index contributed by atoms with van der Waals surface area (Å²) in [5, 5.41) is 0. The minimum absolute atomic E-state index is 0. The number of halogens is 2. The molecule has 4 nitrogen and oxygen atoms in total. The molecule has 0 radical (unpaired) electrons. The fourth-order valence-electron chi connectivity index (χ4n) is 1.64. The molecule has 2 rings (SSSR count). The van der Waals surface area contributed by atoms with Gasteiger partial charge in [0.2, 0.25) is 12.4 Å². The Bertz CT molecular complexity index is 215. The van der Waals surface area contributed by atoms with Gasteiger partial charge in [-0.3, -0.25) is 0 Å². The van der Waals surface area contributed by atoms with Gasteiger partial charge in [0.1, 0.15) is 26.4 Å². The van der Waals surface area contributed by atoms with Crippen molar-refractivity contribution < 1.29 is 43.4 Å². The maximum absolute atomic E-state index is 5.28. The van der Waals surface area contributed by atoms with E-state index in [0.717, 1.165) is 52.6 Å². The average Bonchev–Trinajstić information content (AvgIpc) is 2.29. The molecule has 0 spiro atoms. The topological polar surface area (TPSA) is 24.5 Å². The van der Waals surface area contributed by atoms with Crippen LogP contribution in [0.3, 0.4) is 0 Å². The van der Waals surface area contributed by atoms with Crippen LogP contribution < -0.4 is 24.8 Å². The lowest BCUT2D eigenvalue weighted by molar-refractivity contribution is -0.555. The van der Waals surface area contributed by atoms with Crippen LogP contribution in [-0.2, 0) is 9.47 Å². The Hall–Kier alpha value is -0.160. The molecule has 0 aliphatic carbocycles. The van der Waals surface area contributed by atoms with E-state index in [2.05, 4.69) is 21.6 Å². The predicted molar refractivity (Wildman–Crippen MR) is 53.8 cm³/mol. The minimum atomic E-state index is 0. The molecule has 0 aromatic rings. The highest BCUT2D eigenvalue weighted by Gasteiger charge is 2.13. The van der Waals surface area contributed by atoms with Crippen LogP contribution in [0.25, 0.3) is 0 Å². The van der Waals surface area contributed by atoms with Crippen molar-refractivity contribution in [2.24, 2.45) is 0 Å². The third kappa shape index (κ3) is 5.25. The summed E-state index contributed by atoms with van der Waals surface area (Å²) >= 11 is 0. The predicted octanol–water partition coefficient (Wildman–Crippen LogP) is -6.78. The lowest BCUT2D eigenvalue weighted by atomic mass is 10.4. The van der Waals surface area contributed by atoms with Gasteiger partial charge in [-0.1, -0.05) is 0 Å². The molecule has 0 bridgehead atoms. The third-order valence-corrected chi connectivity index (χ3v) is 2.58. The first-order valence-corrected chi connectivity index (χ1v) is 5.27. The molecule has 6 heteroatoms. The molecule has 0 N–H and O–H groups in total. The second kappa shape index (κ2) is 8.93. The normalized spacial score (nSPS) is 20.5. The molecule has 0 aromatic carbocycles. The van der Waals surface area contributed by atoms with E-state index in [1.54, 1.807) is 0 Å². The Kier molecular flexibility index (Phi) is 8.84. The quantitative estimate of drug-likeness (QED) is 0.442. The van der Waals surface area contributed by atoms with Gasteiger partial charge in [0.25, 0.3) is 0 Å². The van der Waals surface area contributed by atoms with Gasteiger partial charge in [0.05, 0.1) is 0 Å². The summed E-state index contributed by atoms with van der Waals surface area (Å²) < 4.78 is 15.2. The van der Waals surface area contributed by atoms with Crippen molar-refractivity contribution in [2.75, 3.05) is 52.6 Å². The monoisotopic (exact) mass is 268 g/mol. The summed E-state index contributed by atoms with van der Waals surface area (Å²) in [6.07, 6.45) is 4.35. The van der Waals surface area contributed by atoms with Crippen molar-refractivity contribution in [3.63, 3.8) is 0 Å². The minimum Gasteiger partial charge on any atom is -1.00 e. The van der Waals surface area contributed by atoms with E-state index in [1.807, 2.05) is 0 Å². The lowest BCUT2D eigenvalue weighted by Crippen LogP contribution is -3.00. The van der Waals surface area contributed by atoms with Gasteiger partial charge in [-0.2, -0.15) is 0 Å². The highest BCUT2D eigenvalue weighted by atomic mass is 35.5. The van der Waals surface area contributed by atoms with Gasteiger partial charge < -0.3 is 34.3 Å². The standard InChI is InChI=1S/C10H18N2O2.2ClH/c1(11-3-7-13-8-4-11)2-12-5-9-14-10-6-12;;/h1-2H,3-10H2;2*1H/q+2;;/p-2. The van der Waals surface area contributed by atoms with E-state index in [4.69, 9.17) is 9.47 Å². The van der Waals surface area contributed by atoms with Crippen molar-refractivity contribution in [1.82, 2.24) is 0 Å². The Morgan fingerprint density at radius 3 is 1.25 bits per heavy atom. The van der Waals surface area contributed by atoms with Crippen LogP contribution in [0.15, 0.2) is 0 Å². The van der Waals surface area contributed by atoms with E-state index in [-0.39, 0.29) is 24.8 Å². The zero-order chi connectivity index (χ0) is 9.64. The Labute approximate surface area is 109 Å². The maximum atomic E-state index is 5.28. The number of morpholine rings is 2. The molecule has 94 valence electrons. The van der Waals surface area contributed by atoms with E-state index in [9.17, 15) is 0 Å². The summed E-state index contributed by atoms with van der Waals surface area (Å²) in [6, 6.07) is 0. The second-order valence-corrected chi connectivity index (χ2v) is 3.59. The second-order valence-electron chi connectivity index (χ2n) is 3.59. The molecular formula is C10H18Cl2N2O2. The summed E-state index contributed by atoms with van der Waals surface area (Å²) in [5.41, 5.74) is 0. The number of nitrogens with zero attached hydrogens (tertiary/aromatic N) is 2. The van der Waals surface area contributed by atoms with Crippen LogP contribution in [0.2, 0.25) is 0 Å². The molecule has 2 aliphatic heterocycles. The molecule has 0 atom stereocenters. The first-order valence-electron chi connectivity index (χ1n) is 5.27. The summed E-state index contributed by atoms with van der Waals surface area (Å²) in [6.45, 7) is 7.48. The van der Waals surface area contributed by atoms with Crippen LogP contribution in [0, 0.1) is 0 Å². The van der Waals surface area contributed by atoms with Gasteiger partial charge in [-0.05, 0) is 0 Å². The first-order chi connectivity index (χ1) is 6.95. The lowest BCUT2D eigenvalue weighted by Gasteiger charge is -2.10. The van der Waals surface area contributed by atoms with Crippen molar-refractivity contribution in [3.8, 4) is 0 Å². The van der Waals surface area contributed by atoms with E-state index >= 15 is 0 Å². The van der Waals surface area contributed by atoms with Crippen molar-refractivity contribution in [3.05, 3.63) is 0 Å². The number of rotatable bonds is 1. The highest BCUT2D eigenvalue weighted by molar-refractivity contribution is 6.10. The first kappa shape index (κ1) is 15.8. The molecule has 2 aliphatic rings. The fourth-order valence-corrected chi connectivity index (χ4v) is 1.64.